The molecule has 4 atom stereocenters. The van der Waals surface area contributed by atoms with Crippen LogP contribution >= 0.6 is 0 Å². The summed E-state index contributed by atoms with van der Waals surface area (Å²) in [5.74, 6) is -0.993. The maximum Gasteiger partial charge on any atom is 0.343 e. The summed E-state index contributed by atoms with van der Waals surface area (Å²) in [6.07, 6.45) is 9.37. The van der Waals surface area contributed by atoms with Gasteiger partial charge in [0.15, 0.2) is 23.4 Å². The second-order valence-corrected chi connectivity index (χ2v) is 15.5. The first kappa shape index (κ1) is 34.6. The average molecular weight is 637 g/mol. The van der Waals surface area contributed by atoms with Crippen LogP contribution in [0.1, 0.15) is 75.3 Å². The SMILES string of the molecule is C[N+]1(C)CCC(OC(=O)[C@](O)(c2ccccc2)C2CCCC2)C1.C[N+]1(C)CC[C@@H](OC(=O)[C@@](O)(c2ccccc2)C2CCCC2)C1. The van der Waals surface area contributed by atoms with E-state index < -0.39 is 23.1 Å². The molecule has 2 saturated carbocycles. The van der Waals surface area contributed by atoms with E-state index in [0.29, 0.717) is 11.1 Å². The van der Waals surface area contributed by atoms with Crippen molar-refractivity contribution in [1.29, 1.82) is 0 Å². The van der Waals surface area contributed by atoms with Gasteiger partial charge in [0, 0.05) is 24.7 Å². The normalized spacial score (nSPS) is 26.8. The number of likely N-dealkylation sites (tertiary alicyclic amines) is 2. The molecule has 0 radical (unpaired) electrons. The van der Waals surface area contributed by atoms with Crippen molar-refractivity contribution in [2.24, 2.45) is 11.8 Å². The molecule has 2 saturated heterocycles. The number of nitrogens with zero attached hydrogens (tertiary/aromatic N) is 2. The highest BCUT2D eigenvalue weighted by Crippen LogP contribution is 2.43. The number of benzene rings is 2. The molecule has 2 aromatic carbocycles. The van der Waals surface area contributed by atoms with Gasteiger partial charge in [-0.15, -0.1) is 0 Å². The lowest BCUT2D eigenvalue weighted by Crippen LogP contribution is -2.46. The van der Waals surface area contributed by atoms with Crippen molar-refractivity contribution in [3.05, 3.63) is 71.8 Å². The molecule has 2 aromatic rings. The van der Waals surface area contributed by atoms with E-state index in [0.717, 1.165) is 99.4 Å². The molecule has 0 bridgehead atoms. The number of likely N-dealkylation sites (N-methyl/N-ethyl adjacent to an activating group) is 2. The molecule has 2 N–H and O–H groups in total. The third-order valence-electron chi connectivity index (χ3n) is 11.0. The van der Waals surface area contributed by atoms with Crippen LogP contribution in [-0.2, 0) is 30.3 Å². The van der Waals surface area contributed by atoms with E-state index in [2.05, 4.69) is 28.2 Å². The van der Waals surface area contributed by atoms with Gasteiger partial charge >= 0.3 is 11.9 Å². The molecule has 2 aliphatic carbocycles. The Morgan fingerprint density at radius 2 is 0.913 bits per heavy atom. The number of carbonyl (C=O) groups is 2. The van der Waals surface area contributed by atoms with Crippen LogP contribution in [0.5, 0.6) is 0 Å². The molecule has 0 aromatic heterocycles. The number of rotatable bonds is 8. The fraction of sp³-hybridized carbons (Fsp3) is 0.632. The number of carbonyl (C=O) groups excluding carboxylic acids is 2. The Balaban J connectivity index is 0.000000181. The molecule has 6 rings (SSSR count). The van der Waals surface area contributed by atoms with Crippen molar-refractivity contribution in [3.63, 3.8) is 0 Å². The third kappa shape index (κ3) is 7.67. The number of quaternary nitrogens is 2. The summed E-state index contributed by atoms with van der Waals surface area (Å²) in [5.41, 5.74) is -1.66. The molecule has 0 amide bonds. The molecule has 8 nitrogen and oxygen atoms in total. The summed E-state index contributed by atoms with van der Waals surface area (Å²) in [7, 11) is 8.59. The van der Waals surface area contributed by atoms with Crippen molar-refractivity contribution >= 4 is 11.9 Å². The smallest absolute Gasteiger partial charge is 0.343 e. The molecule has 4 aliphatic rings. The number of esters is 2. The molecule has 1 unspecified atom stereocenters. The van der Waals surface area contributed by atoms with Gasteiger partial charge in [0.25, 0.3) is 0 Å². The van der Waals surface area contributed by atoms with Gasteiger partial charge in [-0.2, -0.15) is 0 Å². The van der Waals surface area contributed by atoms with Crippen LogP contribution in [0.15, 0.2) is 60.7 Å². The molecule has 46 heavy (non-hydrogen) atoms. The molecule has 0 spiro atoms. The zero-order chi connectivity index (χ0) is 33.0. The van der Waals surface area contributed by atoms with Crippen LogP contribution in [0.3, 0.4) is 0 Å². The fourth-order valence-corrected chi connectivity index (χ4v) is 8.24. The van der Waals surface area contributed by atoms with Gasteiger partial charge in [-0.25, -0.2) is 9.59 Å². The summed E-state index contributed by atoms with van der Waals surface area (Å²) >= 11 is 0. The Bertz CT molecular complexity index is 1200. The molecule has 252 valence electrons. The highest BCUT2D eigenvalue weighted by atomic mass is 16.6. The van der Waals surface area contributed by atoms with Gasteiger partial charge < -0.3 is 28.7 Å². The fourth-order valence-electron chi connectivity index (χ4n) is 8.24. The second-order valence-electron chi connectivity index (χ2n) is 15.5. The van der Waals surface area contributed by atoms with Gasteiger partial charge in [-0.1, -0.05) is 86.3 Å². The van der Waals surface area contributed by atoms with Gasteiger partial charge in [-0.05, 0) is 36.8 Å². The van der Waals surface area contributed by atoms with Crippen molar-refractivity contribution in [2.45, 2.75) is 87.6 Å². The summed E-state index contributed by atoms with van der Waals surface area (Å²) in [6.45, 7) is 3.65. The van der Waals surface area contributed by atoms with Gasteiger partial charge in [0.2, 0.25) is 0 Å². The standard InChI is InChI=1S/2C19H28NO3/c2*1-20(2)13-12-17(14-20)23-18(21)19(22,16-10-6-7-11-16)15-8-4-3-5-9-15/h2*3-5,8-9,16-17,22H,6-7,10-14H2,1-2H3/q2*+1/t17?,19-;17-,19-/m01/s1. The first-order valence-electron chi connectivity index (χ1n) is 17.5. The van der Waals surface area contributed by atoms with Crippen molar-refractivity contribution in [3.8, 4) is 0 Å². The third-order valence-corrected chi connectivity index (χ3v) is 11.0. The Kier molecular flexibility index (Phi) is 10.6. The van der Waals surface area contributed by atoms with Crippen LogP contribution in [0.4, 0.5) is 0 Å². The number of hydrogen-bond acceptors (Lipinski definition) is 6. The van der Waals surface area contributed by atoms with Gasteiger partial charge in [0.05, 0.1) is 41.3 Å². The van der Waals surface area contributed by atoms with Crippen LogP contribution in [-0.4, -0.2) is 97.7 Å². The Hall–Kier alpha value is -2.78. The number of hydrogen-bond donors (Lipinski definition) is 2. The summed E-state index contributed by atoms with van der Waals surface area (Å²) in [6, 6.07) is 18.7. The minimum Gasteiger partial charge on any atom is -0.454 e. The number of ether oxygens (including phenoxy) is 2. The molecule has 4 fully saturated rings. The van der Waals surface area contributed by atoms with E-state index in [-0.39, 0.29) is 24.0 Å². The lowest BCUT2D eigenvalue weighted by molar-refractivity contribution is -0.879. The highest BCUT2D eigenvalue weighted by Gasteiger charge is 2.50. The lowest BCUT2D eigenvalue weighted by Gasteiger charge is -2.33. The predicted octanol–water partition coefficient (Wildman–Crippen LogP) is 4.91. The van der Waals surface area contributed by atoms with Crippen molar-refractivity contribution in [1.82, 2.24) is 0 Å². The Morgan fingerprint density at radius 1 is 0.587 bits per heavy atom. The van der Waals surface area contributed by atoms with Gasteiger partial charge in [-0.3, -0.25) is 0 Å². The Morgan fingerprint density at radius 3 is 1.20 bits per heavy atom. The van der Waals surface area contributed by atoms with E-state index >= 15 is 0 Å². The second kappa shape index (κ2) is 14.1. The topological polar surface area (TPSA) is 93.1 Å². The molecule has 2 aliphatic heterocycles. The maximum absolute atomic E-state index is 12.9. The lowest BCUT2D eigenvalue weighted by atomic mass is 9.80. The molecule has 2 heterocycles. The average Bonchev–Trinajstić information content (AvgIpc) is 3.87. The summed E-state index contributed by atoms with van der Waals surface area (Å²) in [5, 5.41) is 22.7. The zero-order valence-electron chi connectivity index (χ0n) is 28.4. The van der Waals surface area contributed by atoms with Crippen molar-refractivity contribution in [2.75, 3.05) is 54.4 Å². The largest absolute Gasteiger partial charge is 0.454 e. The highest BCUT2D eigenvalue weighted by molar-refractivity contribution is 5.82. The summed E-state index contributed by atoms with van der Waals surface area (Å²) < 4.78 is 13.3. The van der Waals surface area contributed by atoms with Crippen LogP contribution in [0.2, 0.25) is 0 Å². The maximum atomic E-state index is 12.9. The minimum absolute atomic E-state index is 0.0405. The minimum atomic E-state index is -1.50. The van der Waals surface area contributed by atoms with Crippen LogP contribution < -0.4 is 0 Å². The van der Waals surface area contributed by atoms with E-state index in [1.165, 1.54) is 0 Å². The summed E-state index contributed by atoms with van der Waals surface area (Å²) in [4.78, 5) is 25.9. The zero-order valence-corrected chi connectivity index (χ0v) is 28.4. The predicted molar refractivity (Wildman–Crippen MR) is 177 cm³/mol. The van der Waals surface area contributed by atoms with E-state index in [4.69, 9.17) is 9.47 Å². The van der Waals surface area contributed by atoms with E-state index in [1.807, 2.05) is 60.7 Å². The van der Waals surface area contributed by atoms with Crippen molar-refractivity contribution < 1.29 is 38.2 Å². The van der Waals surface area contributed by atoms with Gasteiger partial charge in [0.1, 0.15) is 13.1 Å². The molecular formula is C38H56N2O6+2. The first-order valence-corrected chi connectivity index (χ1v) is 17.5. The van der Waals surface area contributed by atoms with Crippen LogP contribution in [0, 0.1) is 11.8 Å². The van der Waals surface area contributed by atoms with Crippen LogP contribution in [0.25, 0.3) is 0 Å². The molecule has 8 heteroatoms. The quantitative estimate of drug-likeness (QED) is 0.316. The number of aliphatic hydroxyl groups is 2. The Labute approximate surface area is 275 Å². The van der Waals surface area contributed by atoms with E-state index in [9.17, 15) is 19.8 Å². The molecular weight excluding hydrogens is 580 g/mol. The van der Waals surface area contributed by atoms with E-state index in [1.54, 1.807) is 0 Å². The first-order chi connectivity index (χ1) is 21.8. The monoisotopic (exact) mass is 636 g/mol.